The highest BCUT2D eigenvalue weighted by Crippen LogP contribution is 2.16. The molecule has 2 N–H and O–H groups in total. The van der Waals surface area contributed by atoms with Crippen LogP contribution in [0.5, 0.6) is 5.75 Å². The Labute approximate surface area is 50.3 Å². The van der Waals surface area contributed by atoms with E-state index in [1.54, 1.807) is 0 Å². The van der Waals surface area contributed by atoms with Gasteiger partial charge in [-0.05, 0) is 0 Å². The lowest BCUT2D eigenvalue weighted by Crippen LogP contribution is -1.92. The molecular formula is C5H4O4. The zero-order chi connectivity index (χ0) is 6.85. The van der Waals surface area contributed by atoms with Crippen LogP contribution in [0.25, 0.3) is 0 Å². The smallest absolute Gasteiger partial charge is 0.342 e. The molecule has 1 rings (SSSR count). The van der Waals surface area contributed by atoms with Crippen molar-refractivity contribution in [3.05, 3.63) is 18.1 Å². The van der Waals surface area contributed by atoms with Gasteiger partial charge in [-0.15, -0.1) is 0 Å². The average molecular weight is 128 g/mol. The number of carboxylic acids is 1. The van der Waals surface area contributed by atoms with Crippen molar-refractivity contribution in [1.82, 2.24) is 0 Å². The minimum Gasteiger partial charge on any atom is -0.504 e. The molecule has 0 aliphatic carbocycles. The Bertz CT molecular complexity index is 225. The number of aromatic carboxylic acids is 1. The first-order valence-corrected chi connectivity index (χ1v) is 2.20. The highest BCUT2D eigenvalue weighted by Gasteiger charge is 2.09. The summed E-state index contributed by atoms with van der Waals surface area (Å²) in [6, 6.07) is 0. The van der Waals surface area contributed by atoms with Crippen molar-refractivity contribution in [2.45, 2.75) is 0 Å². The van der Waals surface area contributed by atoms with Crippen molar-refractivity contribution < 1.29 is 19.4 Å². The minimum atomic E-state index is -1.19. The molecule has 48 valence electrons. The molecule has 0 fully saturated rings. The quantitative estimate of drug-likeness (QED) is 0.583. The van der Waals surface area contributed by atoms with Crippen LogP contribution in [0.3, 0.4) is 0 Å². The van der Waals surface area contributed by atoms with E-state index >= 15 is 0 Å². The van der Waals surface area contributed by atoms with Gasteiger partial charge in [0.05, 0.1) is 0 Å². The summed E-state index contributed by atoms with van der Waals surface area (Å²) in [5, 5.41) is 16.9. The normalized spacial score (nSPS) is 9.33. The molecule has 4 nitrogen and oxygen atoms in total. The number of carboxylic acid groups (broad SMARTS) is 1. The second-order valence-corrected chi connectivity index (χ2v) is 1.48. The number of furan rings is 1. The van der Waals surface area contributed by atoms with E-state index < -0.39 is 5.97 Å². The Hall–Kier alpha value is -1.45. The Morgan fingerprint density at radius 3 is 2.44 bits per heavy atom. The largest absolute Gasteiger partial charge is 0.504 e. The number of rotatable bonds is 1. The average Bonchev–Trinajstić information content (AvgIpc) is 2.13. The minimum absolute atomic E-state index is 0.213. The Morgan fingerprint density at radius 2 is 2.22 bits per heavy atom. The molecule has 0 saturated carbocycles. The van der Waals surface area contributed by atoms with E-state index in [1.807, 2.05) is 0 Å². The summed E-state index contributed by atoms with van der Waals surface area (Å²) >= 11 is 0. The van der Waals surface area contributed by atoms with E-state index in [4.69, 9.17) is 10.2 Å². The van der Waals surface area contributed by atoms with Gasteiger partial charge < -0.3 is 14.6 Å². The lowest BCUT2D eigenvalue weighted by molar-refractivity contribution is 0.0693. The number of carbonyl (C=O) groups is 1. The van der Waals surface area contributed by atoms with Crippen LogP contribution in [0, 0.1) is 0 Å². The van der Waals surface area contributed by atoms with E-state index in [0.717, 1.165) is 12.5 Å². The highest BCUT2D eigenvalue weighted by molar-refractivity contribution is 5.90. The first-order chi connectivity index (χ1) is 4.22. The van der Waals surface area contributed by atoms with E-state index in [9.17, 15) is 4.79 Å². The number of hydrogen-bond donors (Lipinski definition) is 2. The monoisotopic (exact) mass is 128 g/mol. The fourth-order valence-corrected chi connectivity index (χ4v) is 0.450. The summed E-state index contributed by atoms with van der Waals surface area (Å²) in [6.45, 7) is 0. The Kier molecular flexibility index (Phi) is 1.14. The van der Waals surface area contributed by atoms with Gasteiger partial charge in [-0.25, -0.2) is 4.79 Å². The summed E-state index contributed by atoms with van der Waals surface area (Å²) in [4.78, 5) is 10.1. The van der Waals surface area contributed by atoms with Gasteiger partial charge in [-0.1, -0.05) is 0 Å². The zero-order valence-electron chi connectivity index (χ0n) is 4.37. The van der Waals surface area contributed by atoms with Crippen molar-refractivity contribution in [1.29, 1.82) is 0 Å². The molecular weight excluding hydrogens is 124 g/mol. The van der Waals surface area contributed by atoms with Gasteiger partial charge in [0.15, 0.2) is 5.75 Å². The molecule has 0 amide bonds. The van der Waals surface area contributed by atoms with Crippen molar-refractivity contribution in [2.24, 2.45) is 0 Å². The molecule has 1 aromatic heterocycles. The maximum Gasteiger partial charge on any atom is 0.342 e. The molecule has 0 aliphatic rings. The summed E-state index contributed by atoms with van der Waals surface area (Å²) < 4.78 is 4.38. The summed E-state index contributed by atoms with van der Waals surface area (Å²) in [5.74, 6) is -1.54. The lowest BCUT2D eigenvalue weighted by Gasteiger charge is -1.83. The molecule has 0 radical (unpaired) electrons. The van der Waals surface area contributed by atoms with Crippen LogP contribution in [0.4, 0.5) is 0 Å². The second kappa shape index (κ2) is 1.81. The molecule has 1 aromatic rings. The Morgan fingerprint density at radius 1 is 1.56 bits per heavy atom. The van der Waals surface area contributed by atoms with E-state index in [-0.39, 0.29) is 11.3 Å². The lowest BCUT2D eigenvalue weighted by atomic mass is 10.3. The van der Waals surface area contributed by atoms with Gasteiger partial charge in [0.25, 0.3) is 0 Å². The first-order valence-electron chi connectivity index (χ1n) is 2.20. The molecule has 1 heterocycles. The molecule has 0 aromatic carbocycles. The molecule has 0 spiro atoms. The summed E-state index contributed by atoms with van der Waals surface area (Å²) in [6.07, 6.45) is 1.93. The van der Waals surface area contributed by atoms with Crippen molar-refractivity contribution >= 4 is 5.97 Å². The van der Waals surface area contributed by atoms with Crippen molar-refractivity contribution in [3.63, 3.8) is 0 Å². The van der Waals surface area contributed by atoms with Crippen LogP contribution in [0.15, 0.2) is 16.9 Å². The van der Waals surface area contributed by atoms with Crippen molar-refractivity contribution in [3.8, 4) is 5.75 Å². The molecule has 0 saturated heterocycles. The van der Waals surface area contributed by atoms with Crippen LogP contribution in [-0.2, 0) is 0 Å². The van der Waals surface area contributed by atoms with Gasteiger partial charge in [0.1, 0.15) is 18.1 Å². The maximum atomic E-state index is 10.1. The summed E-state index contributed by atoms with van der Waals surface area (Å²) in [5.41, 5.74) is -0.213. The second-order valence-electron chi connectivity index (χ2n) is 1.48. The highest BCUT2D eigenvalue weighted by atomic mass is 16.4. The van der Waals surface area contributed by atoms with Gasteiger partial charge in [0.2, 0.25) is 0 Å². The zero-order valence-corrected chi connectivity index (χ0v) is 4.37. The standard InChI is InChI=1S/C5H4O4/c6-4-2-9-1-3(4)5(7)8/h1-2,6H,(H,7,8). The third kappa shape index (κ3) is 0.861. The van der Waals surface area contributed by atoms with Crippen LogP contribution in [0.2, 0.25) is 0 Å². The van der Waals surface area contributed by atoms with Crippen LogP contribution < -0.4 is 0 Å². The van der Waals surface area contributed by atoms with Gasteiger partial charge in [-0.2, -0.15) is 0 Å². The third-order valence-electron chi connectivity index (χ3n) is 0.872. The van der Waals surface area contributed by atoms with E-state index in [0.29, 0.717) is 0 Å². The van der Waals surface area contributed by atoms with Gasteiger partial charge >= 0.3 is 5.97 Å². The van der Waals surface area contributed by atoms with Gasteiger partial charge in [-0.3, -0.25) is 0 Å². The van der Waals surface area contributed by atoms with Crippen LogP contribution in [0.1, 0.15) is 10.4 Å². The fraction of sp³-hybridized carbons (Fsp3) is 0. The predicted octanol–water partition coefficient (Wildman–Crippen LogP) is 0.683. The number of hydrogen-bond acceptors (Lipinski definition) is 3. The SMILES string of the molecule is O=C(O)c1cocc1O. The molecule has 0 atom stereocenters. The summed E-state index contributed by atoms with van der Waals surface area (Å²) in [7, 11) is 0. The Balaban J connectivity index is 3.08. The fourth-order valence-electron chi connectivity index (χ4n) is 0.450. The predicted molar refractivity (Wildman–Crippen MR) is 27.3 cm³/mol. The molecule has 0 unspecified atom stereocenters. The first kappa shape index (κ1) is 5.68. The van der Waals surface area contributed by atoms with Crippen LogP contribution in [-0.4, -0.2) is 16.2 Å². The van der Waals surface area contributed by atoms with E-state index in [2.05, 4.69) is 4.42 Å². The maximum absolute atomic E-state index is 10.1. The van der Waals surface area contributed by atoms with Crippen molar-refractivity contribution in [2.75, 3.05) is 0 Å². The van der Waals surface area contributed by atoms with Gasteiger partial charge in [0, 0.05) is 0 Å². The number of aromatic hydroxyl groups is 1. The van der Waals surface area contributed by atoms with Crippen LogP contribution >= 0.6 is 0 Å². The third-order valence-corrected chi connectivity index (χ3v) is 0.872. The molecule has 4 heteroatoms. The molecule has 0 aliphatic heterocycles. The molecule has 9 heavy (non-hydrogen) atoms. The van der Waals surface area contributed by atoms with E-state index in [1.165, 1.54) is 0 Å². The topological polar surface area (TPSA) is 70.7 Å². The molecule has 0 bridgehead atoms.